The van der Waals surface area contributed by atoms with Crippen LogP contribution in [0.3, 0.4) is 0 Å². The van der Waals surface area contributed by atoms with Gasteiger partial charge in [-0.25, -0.2) is 4.99 Å². The van der Waals surface area contributed by atoms with E-state index in [1.807, 2.05) is 0 Å². The van der Waals surface area contributed by atoms with Gasteiger partial charge in [0.25, 0.3) is 0 Å². The molecule has 0 saturated carbocycles. The number of aromatic nitrogens is 1. The lowest BCUT2D eigenvalue weighted by Crippen LogP contribution is -2.06. The molecule has 9 aromatic carbocycles. The van der Waals surface area contributed by atoms with E-state index in [0.717, 1.165) is 64.2 Å². The van der Waals surface area contributed by atoms with E-state index in [1.54, 1.807) is 0 Å². The summed E-state index contributed by atoms with van der Waals surface area (Å²) in [6.45, 7) is 13.2. The Morgan fingerprint density at radius 2 is 1.28 bits per heavy atom. The molecule has 3 nitrogen and oxygen atoms in total. The van der Waals surface area contributed by atoms with Crippen LogP contribution < -0.4 is 0 Å². The summed E-state index contributed by atoms with van der Waals surface area (Å²) in [5, 5.41) is 8.66. The molecule has 0 N–H and O–H groups in total. The van der Waals surface area contributed by atoms with Gasteiger partial charge in [-0.05, 0) is 190 Å². The van der Waals surface area contributed by atoms with Crippen molar-refractivity contribution in [1.29, 1.82) is 0 Å². The van der Waals surface area contributed by atoms with Crippen molar-refractivity contribution in [3.8, 4) is 27.9 Å². The Morgan fingerprint density at radius 3 is 2.04 bits per heavy atom. The van der Waals surface area contributed by atoms with Gasteiger partial charge in [-0.3, -0.25) is 4.99 Å². The molecular weight excluding hydrogens is 859 g/mol. The van der Waals surface area contributed by atoms with Crippen LogP contribution in [0.1, 0.15) is 65.8 Å². The number of para-hydroxylation sites is 1. The van der Waals surface area contributed by atoms with Gasteiger partial charge in [0.05, 0.1) is 22.6 Å². The standard InChI is InChI=1S/C68H55N3/c1-43-30-31-45(3)59(38-43)68-46(4)19-17-28-58(68)65(69-5)42-64(49-32-35-56-54-25-12-11-23-52(54)53-24-13-14-26-55(53)60(56)41-49)70-63-36-33-47(39-61(63)51-22-10-9-18-44(51)2)48-34-37-67-62(40-48)57-27-15-16-29-66(57)71(67)50-20-7-6-8-21-50/h6-14,16-26,28-37,39-43H,5,15,27,38H2,1-4H3/b65-42-,70-64?. The van der Waals surface area contributed by atoms with E-state index in [9.17, 15) is 0 Å². The highest BCUT2D eigenvalue weighted by atomic mass is 15.0. The summed E-state index contributed by atoms with van der Waals surface area (Å²) in [4.78, 5) is 10.7. The minimum Gasteiger partial charge on any atom is -0.310 e. The molecule has 0 radical (unpaired) electrons. The average Bonchev–Trinajstić information content (AvgIpc) is 3.74. The Hall–Kier alpha value is -8.40. The van der Waals surface area contributed by atoms with E-state index in [4.69, 9.17) is 9.98 Å². The van der Waals surface area contributed by atoms with Crippen molar-refractivity contribution in [2.45, 2.75) is 47.0 Å². The summed E-state index contributed by atoms with van der Waals surface area (Å²) < 4.78 is 2.42. The van der Waals surface area contributed by atoms with Crippen LogP contribution in [0, 0.1) is 19.8 Å². The molecule has 12 rings (SSSR count). The predicted molar refractivity (Wildman–Crippen MR) is 306 cm³/mol. The van der Waals surface area contributed by atoms with E-state index in [1.165, 1.54) is 93.6 Å². The van der Waals surface area contributed by atoms with E-state index >= 15 is 0 Å². The van der Waals surface area contributed by atoms with Gasteiger partial charge in [0.1, 0.15) is 0 Å². The first-order valence-electron chi connectivity index (χ1n) is 25.0. The van der Waals surface area contributed by atoms with Crippen molar-refractivity contribution in [2.75, 3.05) is 0 Å². The third-order valence-corrected chi connectivity index (χ3v) is 15.0. The van der Waals surface area contributed by atoms with Crippen molar-refractivity contribution in [2.24, 2.45) is 15.9 Å². The summed E-state index contributed by atoms with van der Waals surface area (Å²) >= 11 is 0. The molecule has 0 aliphatic heterocycles. The van der Waals surface area contributed by atoms with E-state index < -0.39 is 0 Å². The van der Waals surface area contributed by atoms with Crippen LogP contribution in [0.25, 0.3) is 88.5 Å². The van der Waals surface area contributed by atoms with Crippen molar-refractivity contribution in [1.82, 2.24) is 4.57 Å². The lowest BCUT2D eigenvalue weighted by molar-refractivity contribution is 0.743. The topological polar surface area (TPSA) is 29.6 Å². The van der Waals surface area contributed by atoms with Crippen molar-refractivity contribution < 1.29 is 0 Å². The second-order valence-corrected chi connectivity index (χ2v) is 19.5. The van der Waals surface area contributed by atoms with Crippen LogP contribution in [-0.4, -0.2) is 17.0 Å². The lowest BCUT2D eigenvalue weighted by Gasteiger charge is -2.23. The van der Waals surface area contributed by atoms with E-state index in [-0.39, 0.29) is 0 Å². The zero-order valence-electron chi connectivity index (χ0n) is 40.9. The Kier molecular flexibility index (Phi) is 11.2. The maximum absolute atomic E-state index is 5.80. The highest BCUT2D eigenvalue weighted by Gasteiger charge is 2.22. The molecule has 0 fully saturated rings. The maximum Gasteiger partial charge on any atom is 0.0731 e. The van der Waals surface area contributed by atoms with Crippen molar-refractivity contribution >= 4 is 78.7 Å². The van der Waals surface area contributed by atoms with Gasteiger partial charge in [-0.15, -0.1) is 0 Å². The number of hydrogen-bond donors (Lipinski definition) is 0. The minimum atomic E-state index is 0.438. The quantitative estimate of drug-likeness (QED) is 0.102. The van der Waals surface area contributed by atoms with Gasteiger partial charge in [0.15, 0.2) is 0 Å². The van der Waals surface area contributed by atoms with Crippen LogP contribution in [0.5, 0.6) is 0 Å². The molecule has 1 atom stereocenters. The fourth-order valence-electron chi connectivity index (χ4n) is 11.4. The highest BCUT2D eigenvalue weighted by Crippen LogP contribution is 2.43. The normalized spacial score (nSPS) is 15.1. The van der Waals surface area contributed by atoms with Crippen LogP contribution in [0.15, 0.2) is 216 Å². The molecule has 2 aliphatic carbocycles. The first kappa shape index (κ1) is 43.9. The SMILES string of the molecule is C=N/C(=C\C(=Nc1ccc(-c2ccc3c(c2)c2c(n3-c3ccccc3)C=CCC2)cc1-c1ccccc1C)c1ccc2c3ccccc3c3ccccc3c2c1)c1cccc(C)c1C1=C(C)C=CC(C)C1. The van der Waals surface area contributed by atoms with Crippen molar-refractivity contribution in [3.05, 3.63) is 245 Å². The number of aryl methyl sites for hydroxylation is 3. The van der Waals surface area contributed by atoms with Gasteiger partial charge in [0.2, 0.25) is 0 Å². The lowest BCUT2D eigenvalue weighted by atomic mass is 9.82. The molecule has 0 amide bonds. The zero-order valence-corrected chi connectivity index (χ0v) is 40.9. The number of allylic oxidation sites excluding steroid dienone is 6. The van der Waals surface area contributed by atoms with Gasteiger partial charge >= 0.3 is 0 Å². The monoisotopic (exact) mass is 913 g/mol. The number of fused-ring (bicyclic) bond motifs is 9. The summed E-state index contributed by atoms with van der Waals surface area (Å²) in [6.07, 6.45) is 14.4. The molecule has 3 heteroatoms. The van der Waals surface area contributed by atoms with Gasteiger partial charge in [-0.2, -0.15) is 0 Å². The molecule has 10 aromatic rings. The molecule has 1 aromatic heterocycles. The number of nitrogens with zero attached hydrogens (tertiary/aromatic N) is 3. The number of rotatable bonds is 9. The average molecular weight is 914 g/mol. The molecular formula is C68H55N3. The van der Waals surface area contributed by atoms with E-state index in [2.05, 4.69) is 245 Å². The molecule has 342 valence electrons. The number of hydrogen-bond acceptors (Lipinski definition) is 2. The molecule has 1 unspecified atom stereocenters. The molecule has 2 aliphatic rings. The number of aliphatic imine (C=N–C) groups is 2. The summed E-state index contributed by atoms with van der Waals surface area (Å²) in [5.41, 5.74) is 20.5. The Labute approximate surface area is 416 Å². The third-order valence-electron chi connectivity index (χ3n) is 15.0. The smallest absolute Gasteiger partial charge is 0.0731 e. The van der Waals surface area contributed by atoms with Crippen molar-refractivity contribution in [3.63, 3.8) is 0 Å². The third kappa shape index (κ3) is 7.79. The second kappa shape index (κ2) is 18.2. The zero-order chi connectivity index (χ0) is 48.2. The minimum absolute atomic E-state index is 0.438. The van der Waals surface area contributed by atoms with Crippen LogP contribution in [0.4, 0.5) is 5.69 Å². The summed E-state index contributed by atoms with van der Waals surface area (Å²) in [5.74, 6) is 0.438. The van der Waals surface area contributed by atoms with Crippen LogP contribution in [0.2, 0.25) is 0 Å². The fourth-order valence-corrected chi connectivity index (χ4v) is 11.4. The second-order valence-electron chi connectivity index (χ2n) is 19.5. The van der Waals surface area contributed by atoms with Gasteiger partial charge < -0.3 is 4.57 Å². The predicted octanol–water partition coefficient (Wildman–Crippen LogP) is 18.2. The summed E-state index contributed by atoms with van der Waals surface area (Å²) in [6, 6.07) is 64.2. The molecule has 0 spiro atoms. The fraction of sp³-hybridized carbons (Fsp3) is 0.118. The molecule has 0 saturated heterocycles. The first-order valence-corrected chi connectivity index (χ1v) is 25.0. The van der Waals surface area contributed by atoms with Gasteiger partial charge in [-0.1, -0.05) is 159 Å². The Balaban J connectivity index is 1.09. The summed E-state index contributed by atoms with van der Waals surface area (Å²) in [7, 11) is 0. The highest BCUT2D eigenvalue weighted by molar-refractivity contribution is 6.27. The molecule has 1 heterocycles. The van der Waals surface area contributed by atoms with E-state index in [0.29, 0.717) is 5.92 Å². The molecule has 0 bridgehead atoms. The maximum atomic E-state index is 5.80. The Morgan fingerprint density at radius 1 is 0.606 bits per heavy atom. The largest absolute Gasteiger partial charge is 0.310 e. The van der Waals surface area contributed by atoms with Crippen LogP contribution in [-0.2, 0) is 6.42 Å². The first-order chi connectivity index (χ1) is 34.8. The van der Waals surface area contributed by atoms with Gasteiger partial charge in [0, 0.05) is 33.5 Å². The molecule has 71 heavy (non-hydrogen) atoms. The van der Waals surface area contributed by atoms with Crippen LogP contribution >= 0.6 is 0 Å². The Bertz CT molecular complexity index is 3930. The number of benzene rings is 9.